The van der Waals surface area contributed by atoms with E-state index >= 15 is 0 Å². The van der Waals surface area contributed by atoms with Crippen LogP contribution >= 0.6 is 11.3 Å². The molecule has 3 aromatic rings. The van der Waals surface area contributed by atoms with E-state index < -0.39 is 17.8 Å². The van der Waals surface area contributed by atoms with Crippen LogP contribution in [0.1, 0.15) is 29.1 Å². The molecule has 0 saturated heterocycles. The fourth-order valence-corrected chi connectivity index (χ4v) is 3.49. The molecule has 1 aromatic carbocycles. The number of anilines is 1. The molecule has 2 heterocycles. The number of aryl methyl sites for hydroxylation is 1. The number of hydrogen-bond acceptors (Lipinski definition) is 4. The molecule has 146 valence electrons. The van der Waals surface area contributed by atoms with Crippen molar-refractivity contribution in [3.63, 3.8) is 0 Å². The maximum Gasteiger partial charge on any atom is 0.251 e. The molecule has 2 aromatic heterocycles. The Morgan fingerprint density at radius 2 is 1.86 bits per heavy atom. The first-order valence-corrected chi connectivity index (χ1v) is 9.64. The number of aromatic amines is 1. The second-order valence-electron chi connectivity index (χ2n) is 6.77. The van der Waals surface area contributed by atoms with Crippen molar-refractivity contribution < 1.29 is 14.0 Å². The van der Waals surface area contributed by atoms with Gasteiger partial charge in [0.15, 0.2) is 5.82 Å². The standard InChI is InChI=1S/C20H21FN4O2S/c1-11(2)18(23-19(26)13-5-7-14(21)8-6-13)20(27)22-17-10-15(24-25-17)16-9-4-12(3)28-16/h4-11,18H,1-3H3,(H,23,26)(H2,22,24,25,27). The highest BCUT2D eigenvalue weighted by molar-refractivity contribution is 7.15. The normalized spacial score (nSPS) is 12.0. The van der Waals surface area contributed by atoms with E-state index in [4.69, 9.17) is 0 Å². The average Bonchev–Trinajstić information content (AvgIpc) is 3.28. The SMILES string of the molecule is Cc1ccc(-c2cc(NC(=O)C(NC(=O)c3ccc(F)cc3)C(C)C)n[nH]2)s1. The summed E-state index contributed by atoms with van der Waals surface area (Å²) in [5.41, 5.74) is 1.10. The summed E-state index contributed by atoms with van der Waals surface area (Å²) < 4.78 is 13.0. The lowest BCUT2D eigenvalue weighted by molar-refractivity contribution is -0.118. The van der Waals surface area contributed by atoms with E-state index in [0.29, 0.717) is 5.82 Å². The fraction of sp³-hybridized carbons (Fsp3) is 0.250. The molecular weight excluding hydrogens is 379 g/mol. The third kappa shape index (κ3) is 4.64. The van der Waals surface area contributed by atoms with Crippen LogP contribution < -0.4 is 10.6 Å². The number of nitrogens with one attached hydrogen (secondary N) is 3. The molecule has 0 aliphatic heterocycles. The van der Waals surface area contributed by atoms with Gasteiger partial charge >= 0.3 is 0 Å². The smallest absolute Gasteiger partial charge is 0.251 e. The van der Waals surface area contributed by atoms with E-state index in [2.05, 4.69) is 20.8 Å². The first-order chi connectivity index (χ1) is 13.3. The monoisotopic (exact) mass is 400 g/mol. The van der Waals surface area contributed by atoms with E-state index in [1.807, 2.05) is 32.9 Å². The molecule has 8 heteroatoms. The zero-order chi connectivity index (χ0) is 20.3. The third-order valence-electron chi connectivity index (χ3n) is 4.18. The number of halogens is 1. The number of aromatic nitrogens is 2. The number of thiophene rings is 1. The molecule has 3 rings (SSSR count). The molecule has 0 fully saturated rings. The zero-order valence-electron chi connectivity index (χ0n) is 15.7. The summed E-state index contributed by atoms with van der Waals surface area (Å²) in [5.74, 6) is -1.00. The van der Waals surface area contributed by atoms with Crippen molar-refractivity contribution in [1.82, 2.24) is 15.5 Å². The van der Waals surface area contributed by atoms with Crippen molar-refractivity contribution in [1.29, 1.82) is 0 Å². The molecule has 0 aliphatic rings. The summed E-state index contributed by atoms with van der Waals surface area (Å²) >= 11 is 1.62. The number of nitrogens with zero attached hydrogens (tertiary/aromatic N) is 1. The summed E-state index contributed by atoms with van der Waals surface area (Å²) in [6.07, 6.45) is 0. The van der Waals surface area contributed by atoms with Gasteiger partial charge < -0.3 is 10.6 Å². The number of benzene rings is 1. The highest BCUT2D eigenvalue weighted by Gasteiger charge is 2.25. The molecule has 28 heavy (non-hydrogen) atoms. The zero-order valence-corrected chi connectivity index (χ0v) is 16.6. The molecule has 6 nitrogen and oxygen atoms in total. The Kier molecular flexibility index (Phi) is 5.89. The van der Waals surface area contributed by atoms with E-state index in [1.54, 1.807) is 17.4 Å². The van der Waals surface area contributed by atoms with Crippen molar-refractivity contribution in [3.05, 3.63) is 58.7 Å². The maximum absolute atomic E-state index is 13.0. The summed E-state index contributed by atoms with van der Waals surface area (Å²) in [6.45, 7) is 5.68. The van der Waals surface area contributed by atoms with Gasteiger partial charge in [-0.1, -0.05) is 13.8 Å². The molecule has 0 spiro atoms. The fourth-order valence-electron chi connectivity index (χ4n) is 2.66. The number of H-pyrrole nitrogens is 1. The van der Waals surface area contributed by atoms with Crippen LogP contribution in [0.25, 0.3) is 10.6 Å². The van der Waals surface area contributed by atoms with Crippen LogP contribution in [0.3, 0.4) is 0 Å². The minimum atomic E-state index is -0.762. The Balaban J connectivity index is 1.68. The molecule has 1 atom stereocenters. The second-order valence-corrected chi connectivity index (χ2v) is 8.06. The van der Waals surface area contributed by atoms with Gasteiger partial charge in [-0.25, -0.2) is 4.39 Å². The predicted octanol–water partition coefficient (Wildman–Crippen LogP) is 3.98. The molecule has 0 radical (unpaired) electrons. The van der Waals surface area contributed by atoms with Crippen molar-refractivity contribution in [2.75, 3.05) is 5.32 Å². The van der Waals surface area contributed by atoms with Crippen LogP contribution in [-0.2, 0) is 4.79 Å². The minimum Gasteiger partial charge on any atom is -0.340 e. The highest BCUT2D eigenvalue weighted by atomic mass is 32.1. The number of amides is 2. The Morgan fingerprint density at radius 3 is 2.46 bits per heavy atom. The Hall–Kier alpha value is -3.00. The molecule has 0 saturated carbocycles. The van der Waals surface area contributed by atoms with Crippen molar-refractivity contribution in [2.45, 2.75) is 26.8 Å². The number of hydrogen-bond donors (Lipinski definition) is 3. The minimum absolute atomic E-state index is 0.150. The average molecular weight is 400 g/mol. The summed E-state index contributed by atoms with van der Waals surface area (Å²) in [5, 5.41) is 12.5. The van der Waals surface area contributed by atoms with Gasteiger partial charge in [0.25, 0.3) is 5.91 Å². The molecular formula is C20H21FN4O2S. The Bertz CT molecular complexity index is 978. The van der Waals surface area contributed by atoms with Crippen LogP contribution in [0.15, 0.2) is 42.5 Å². The predicted molar refractivity (Wildman–Crippen MR) is 108 cm³/mol. The van der Waals surface area contributed by atoms with E-state index in [9.17, 15) is 14.0 Å². The largest absolute Gasteiger partial charge is 0.340 e. The van der Waals surface area contributed by atoms with Crippen molar-refractivity contribution in [2.24, 2.45) is 5.92 Å². The van der Waals surface area contributed by atoms with Crippen LogP contribution in [0.5, 0.6) is 0 Å². The maximum atomic E-state index is 13.0. The second kappa shape index (κ2) is 8.35. The first kappa shape index (κ1) is 19.8. The van der Waals surface area contributed by atoms with Crippen LogP contribution in [0, 0.1) is 18.7 Å². The van der Waals surface area contributed by atoms with E-state index in [-0.39, 0.29) is 17.4 Å². The summed E-state index contributed by atoms with van der Waals surface area (Å²) in [6, 6.07) is 10.2. The third-order valence-corrected chi connectivity index (χ3v) is 5.21. The van der Waals surface area contributed by atoms with Gasteiger partial charge in [0.2, 0.25) is 5.91 Å². The topological polar surface area (TPSA) is 86.9 Å². The summed E-state index contributed by atoms with van der Waals surface area (Å²) in [7, 11) is 0. The van der Waals surface area contributed by atoms with Gasteiger partial charge in [0, 0.05) is 16.5 Å². The van der Waals surface area contributed by atoms with Crippen LogP contribution in [0.4, 0.5) is 10.2 Å². The lowest BCUT2D eigenvalue weighted by Crippen LogP contribution is -2.47. The quantitative estimate of drug-likeness (QED) is 0.585. The highest BCUT2D eigenvalue weighted by Crippen LogP contribution is 2.27. The van der Waals surface area contributed by atoms with Gasteiger partial charge in [-0.3, -0.25) is 14.7 Å². The first-order valence-electron chi connectivity index (χ1n) is 8.83. The number of carbonyl (C=O) groups excluding carboxylic acids is 2. The van der Waals surface area contributed by atoms with Crippen LogP contribution in [0.2, 0.25) is 0 Å². The van der Waals surface area contributed by atoms with Gasteiger partial charge in [-0.2, -0.15) is 5.10 Å². The van der Waals surface area contributed by atoms with Gasteiger partial charge in [-0.05, 0) is 49.2 Å². The van der Waals surface area contributed by atoms with Gasteiger partial charge in [-0.15, -0.1) is 11.3 Å². The molecule has 1 unspecified atom stereocenters. The summed E-state index contributed by atoms with van der Waals surface area (Å²) in [4.78, 5) is 27.3. The number of rotatable bonds is 6. The van der Waals surface area contributed by atoms with Gasteiger partial charge in [0.1, 0.15) is 11.9 Å². The van der Waals surface area contributed by atoms with Crippen molar-refractivity contribution >= 4 is 29.0 Å². The Morgan fingerprint density at radius 1 is 1.14 bits per heavy atom. The lowest BCUT2D eigenvalue weighted by Gasteiger charge is -2.21. The van der Waals surface area contributed by atoms with Crippen molar-refractivity contribution in [3.8, 4) is 10.6 Å². The molecule has 0 aliphatic carbocycles. The molecule has 2 amide bonds. The lowest BCUT2D eigenvalue weighted by atomic mass is 10.0. The molecule has 0 bridgehead atoms. The number of carbonyl (C=O) groups is 2. The Labute approximate surface area is 166 Å². The van der Waals surface area contributed by atoms with Crippen LogP contribution in [-0.4, -0.2) is 28.1 Å². The van der Waals surface area contributed by atoms with E-state index in [1.165, 1.54) is 29.1 Å². The van der Waals surface area contributed by atoms with Gasteiger partial charge in [0.05, 0.1) is 10.6 Å². The van der Waals surface area contributed by atoms with E-state index in [0.717, 1.165) is 10.6 Å². The molecule has 3 N–H and O–H groups in total.